The van der Waals surface area contributed by atoms with Gasteiger partial charge in [-0.15, -0.1) is 0 Å². The highest BCUT2D eigenvalue weighted by atomic mass is 35.5. The Balaban J connectivity index is 1.67. The third kappa shape index (κ3) is 5.40. The second kappa shape index (κ2) is 9.48. The van der Waals surface area contributed by atoms with Crippen LogP contribution in [0.25, 0.3) is 0 Å². The normalized spacial score (nSPS) is 10.6. The van der Waals surface area contributed by atoms with E-state index in [0.29, 0.717) is 27.5 Å². The molecule has 1 aromatic heterocycles. The van der Waals surface area contributed by atoms with Crippen molar-refractivity contribution >= 4 is 29.7 Å². The molecule has 2 aromatic carbocycles. The van der Waals surface area contributed by atoms with Crippen molar-refractivity contribution in [3.8, 4) is 11.5 Å². The van der Waals surface area contributed by atoms with Gasteiger partial charge in [0.2, 0.25) is 0 Å². The number of rotatable bonds is 6. The Hall–Kier alpha value is -3.71. The van der Waals surface area contributed by atoms with Crippen LogP contribution in [0.15, 0.2) is 72.1 Å². The molecule has 146 valence electrons. The van der Waals surface area contributed by atoms with Crippen molar-refractivity contribution < 1.29 is 19.1 Å². The van der Waals surface area contributed by atoms with E-state index in [0.717, 1.165) is 0 Å². The van der Waals surface area contributed by atoms with Crippen molar-refractivity contribution in [1.82, 2.24) is 10.4 Å². The molecule has 0 aliphatic carbocycles. The van der Waals surface area contributed by atoms with Crippen molar-refractivity contribution in [2.75, 3.05) is 7.11 Å². The molecule has 0 fully saturated rings. The SMILES string of the molecule is COc1cc(/C=N\NC(=O)c2cccc(Cl)c2)ccc1OC(=O)c1cccnc1. The van der Waals surface area contributed by atoms with Gasteiger partial charge in [-0.05, 0) is 54.1 Å². The maximum atomic E-state index is 12.2. The van der Waals surface area contributed by atoms with Crippen LogP contribution in [0.3, 0.4) is 0 Å². The van der Waals surface area contributed by atoms with Gasteiger partial charge in [0.25, 0.3) is 5.91 Å². The molecule has 1 amide bonds. The van der Waals surface area contributed by atoms with Gasteiger partial charge < -0.3 is 9.47 Å². The third-order valence-electron chi connectivity index (χ3n) is 3.75. The van der Waals surface area contributed by atoms with Crippen LogP contribution in [0.2, 0.25) is 5.02 Å². The molecule has 0 unspecified atom stereocenters. The lowest BCUT2D eigenvalue weighted by molar-refractivity contribution is 0.0729. The maximum Gasteiger partial charge on any atom is 0.345 e. The molecule has 1 heterocycles. The summed E-state index contributed by atoms with van der Waals surface area (Å²) in [6.07, 6.45) is 4.42. The van der Waals surface area contributed by atoms with E-state index in [1.165, 1.54) is 19.5 Å². The first-order valence-corrected chi connectivity index (χ1v) is 8.84. The van der Waals surface area contributed by atoms with Crippen molar-refractivity contribution in [3.05, 3.63) is 88.7 Å². The predicted octanol–water partition coefficient (Wildman–Crippen LogP) is 3.73. The number of pyridine rings is 1. The van der Waals surface area contributed by atoms with E-state index in [1.807, 2.05) is 0 Å². The molecule has 29 heavy (non-hydrogen) atoms. The summed E-state index contributed by atoms with van der Waals surface area (Å²) in [6, 6.07) is 14.6. The number of esters is 1. The Labute approximate surface area is 171 Å². The van der Waals surface area contributed by atoms with E-state index in [1.54, 1.807) is 60.8 Å². The molecule has 0 spiro atoms. The number of hydrazone groups is 1. The van der Waals surface area contributed by atoms with Gasteiger partial charge in [0, 0.05) is 23.0 Å². The highest BCUT2D eigenvalue weighted by Crippen LogP contribution is 2.28. The molecular formula is C21H16ClN3O4. The second-order valence-electron chi connectivity index (χ2n) is 5.75. The van der Waals surface area contributed by atoms with Gasteiger partial charge in [-0.3, -0.25) is 9.78 Å². The molecule has 7 nitrogen and oxygen atoms in total. The fourth-order valence-corrected chi connectivity index (χ4v) is 2.54. The van der Waals surface area contributed by atoms with E-state index in [9.17, 15) is 9.59 Å². The van der Waals surface area contributed by atoms with Crippen LogP contribution in [-0.4, -0.2) is 30.2 Å². The van der Waals surface area contributed by atoms with Crippen LogP contribution in [0, 0.1) is 0 Å². The Morgan fingerprint density at radius 1 is 1.07 bits per heavy atom. The van der Waals surface area contributed by atoms with Gasteiger partial charge in [0.15, 0.2) is 11.5 Å². The van der Waals surface area contributed by atoms with Gasteiger partial charge >= 0.3 is 5.97 Å². The Morgan fingerprint density at radius 2 is 1.90 bits per heavy atom. The Bertz CT molecular complexity index is 1050. The van der Waals surface area contributed by atoms with Crippen LogP contribution in [-0.2, 0) is 0 Å². The zero-order valence-electron chi connectivity index (χ0n) is 15.3. The highest BCUT2D eigenvalue weighted by molar-refractivity contribution is 6.30. The number of halogens is 1. The minimum Gasteiger partial charge on any atom is -0.493 e. The average Bonchev–Trinajstić information content (AvgIpc) is 2.75. The molecule has 0 aliphatic rings. The molecule has 8 heteroatoms. The number of nitrogens with one attached hydrogen (secondary N) is 1. The van der Waals surface area contributed by atoms with Gasteiger partial charge in [0.1, 0.15) is 0 Å². The van der Waals surface area contributed by atoms with Crippen LogP contribution in [0.1, 0.15) is 26.3 Å². The van der Waals surface area contributed by atoms with Crippen molar-refractivity contribution in [2.45, 2.75) is 0 Å². The van der Waals surface area contributed by atoms with Crippen LogP contribution >= 0.6 is 11.6 Å². The van der Waals surface area contributed by atoms with Crippen LogP contribution < -0.4 is 14.9 Å². The fraction of sp³-hybridized carbons (Fsp3) is 0.0476. The first kappa shape index (κ1) is 20.0. The topological polar surface area (TPSA) is 89.9 Å². The molecule has 0 saturated heterocycles. The van der Waals surface area contributed by atoms with Crippen molar-refractivity contribution in [1.29, 1.82) is 0 Å². The zero-order chi connectivity index (χ0) is 20.6. The van der Waals surface area contributed by atoms with Crippen LogP contribution in [0.4, 0.5) is 0 Å². The summed E-state index contributed by atoms with van der Waals surface area (Å²) in [5.74, 6) is -0.349. The quantitative estimate of drug-likeness (QED) is 0.290. The number of benzene rings is 2. The van der Waals surface area contributed by atoms with E-state index in [2.05, 4.69) is 15.5 Å². The minimum absolute atomic E-state index is 0.251. The number of hydrogen-bond donors (Lipinski definition) is 1. The van der Waals surface area contributed by atoms with E-state index in [4.69, 9.17) is 21.1 Å². The van der Waals surface area contributed by atoms with Gasteiger partial charge in [-0.1, -0.05) is 17.7 Å². The number of hydrogen-bond acceptors (Lipinski definition) is 6. The molecule has 0 atom stereocenters. The van der Waals surface area contributed by atoms with E-state index in [-0.39, 0.29) is 5.75 Å². The molecule has 1 N–H and O–H groups in total. The molecule has 0 radical (unpaired) electrons. The summed E-state index contributed by atoms with van der Waals surface area (Å²) >= 11 is 5.87. The maximum absolute atomic E-state index is 12.2. The summed E-state index contributed by atoms with van der Waals surface area (Å²) in [5.41, 5.74) is 3.77. The number of ether oxygens (including phenoxy) is 2. The van der Waals surface area contributed by atoms with Crippen LogP contribution in [0.5, 0.6) is 11.5 Å². The molecule has 3 rings (SSSR count). The number of nitrogens with zero attached hydrogens (tertiary/aromatic N) is 2. The summed E-state index contributed by atoms with van der Waals surface area (Å²) in [4.78, 5) is 28.1. The first-order chi connectivity index (χ1) is 14.1. The smallest absolute Gasteiger partial charge is 0.345 e. The van der Waals surface area contributed by atoms with Gasteiger partial charge in [-0.25, -0.2) is 10.2 Å². The summed E-state index contributed by atoms with van der Waals surface area (Å²) < 4.78 is 10.6. The largest absolute Gasteiger partial charge is 0.493 e. The highest BCUT2D eigenvalue weighted by Gasteiger charge is 2.13. The standard InChI is InChI=1S/C21H16ClN3O4/c1-28-19-10-14(12-24-25-20(26)15-4-2-6-17(22)11-15)7-8-18(19)29-21(27)16-5-3-9-23-13-16/h2-13H,1H3,(H,25,26)/b24-12-. The second-order valence-corrected chi connectivity index (χ2v) is 6.19. The van der Waals surface area contributed by atoms with E-state index < -0.39 is 11.9 Å². The number of methoxy groups -OCH3 is 1. The Kier molecular flexibility index (Phi) is 6.55. The monoisotopic (exact) mass is 409 g/mol. The fourth-order valence-electron chi connectivity index (χ4n) is 2.35. The summed E-state index contributed by atoms with van der Waals surface area (Å²) in [5, 5.41) is 4.38. The summed E-state index contributed by atoms with van der Waals surface area (Å²) in [6.45, 7) is 0. The third-order valence-corrected chi connectivity index (χ3v) is 3.99. The summed E-state index contributed by atoms with van der Waals surface area (Å²) in [7, 11) is 1.46. The number of amides is 1. The number of carbonyl (C=O) groups is 2. The minimum atomic E-state index is -0.549. The lowest BCUT2D eigenvalue weighted by Gasteiger charge is -2.09. The zero-order valence-corrected chi connectivity index (χ0v) is 16.1. The Morgan fingerprint density at radius 3 is 2.62 bits per heavy atom. The predicted molar refractivity (Wildman–Crippen MR) is 109 cm³/mol. The molecule has 3 aromatic rings. The molecule has 0 bridgehead atoms. The van der Waals surface area contributed by atoms with E-state index >= 15 is 0 Å². The van der Waals surface area contributed by atoms with Crippen molar-refractivity contribution in [2.24, 2.45) is 5.10 Å². The number of carbonyl (C=O) groups excluding carboxylic acids is 2. The molecular weight excluding hydrogens is 394 g/mol. The number of aromatic nitrogens is 1. The van der Waals surface area contributed by atoms with Gasteiger partial charge in [-0.2, -0.15) is 5.10 Å². The average molecular weight is 410 g/mol. The lowest BCUT2D eigenvalue weighted by Crippen LogP contribution is -2.17. The lowest BCUT2D eigenvalue weighted by atomic mass is 10.2. The van der Waals surface area contributed by atoms with Crippen molar-refractivity contribution in [3.63, 3.8) is 0 Å². The van der Waals surface area contributed by atoms with Gasteiger partial charge in [0.05, 0.1) is 18.9 Å². The molecule has 0 aliphatic heterocycles. The first-order valence-electron chi connectivity index (χ1n) is 8.46. The molecule has 0 saturated carbocycles.